The normalized spacial score (nSPS) is 13.1. The van der Waals surface area contributed by atoms with E-state index in [1.165, 1.54) is 18.3 Å². The van der Waals surface area contributed by atoms with Crippen molar-refractivity contribution in [3.63, 3.8) is 0 Å². The van der Waals surface area contributed by atoms with E-state index in [0.29, 0.717) is 37.1 Å². The Bertz CT molecular complexity index is 1620. The van der Waals surface area contributed by atoms with Crippen molar-refractivity contribution in [1.82, 2.24) is 15.0 Å². The smallest absolute Gasteiger partial charge is 0.255 e. The molecular weight excluding hydrogens is 625 g/mol. The molecule has 0 aliphatic heterocycles. The number of hydrogen-bond acceptors (Lipinski definition) is 8. The molecule has 1 aliphatic rings. The van der Waals surface area contributed by atoms with E-state index in [1.807, 2.05) is 50.2 Å². The lowest BCUT2D eigenvalue weighted by molar-refractivity contribution is -0.114. The van der Waals surface area contributed by atoms with Crippen LogP contribution in [0.2, 0.25) is 0 Å². The van der Waals surface area contributed by atoms with E-state index < -0.39 is 5.41 Å². The number of nitriles is 1. The van der Waals surface area contributed by atoms with Crippen molar-refractivity contribution in [3.05, 3.63) is 65.4 Å². The molecule has 1 fully saturated rings. The number of alkyl halides is 1. The van der Waals surface area contributed by atoms with Gasteiger partial charge in [0, 0.05) is 34.3 Å². The Morgan fingerprint density at radius 2 is 1.95 bits per heavy atom. The van der Waals surface area contributed by atoms with Crippen molar-refractivity contribution in [2.45, 2.75) is 49.5 Å². The summed E-state index contributed by atoms with van der Waals surface area (Å²) in [5.41, 5.74) is 3.72. The highest BCUT2D eigenvalue weighted by Crippen LogP contribution is 2.38. The fraction of sp³-hybridized carbons (Fsp3) is 0.286. The molecule has 11 heteroatoms. The predicted octanol–water partition coefficient (Wildman–Crippen LogP) is 6.33. The summed E-state index contributed by atoms with van der Waals surface area (Å²) in [6.07, 6.45) is 3.69. The van der Waals surface area contributed by atoms with Gasteiger partial charge in [0.25, 0.3) is 5.91 Å². The first-order valence-corrected chi connectivity index (χ1v) is 14.8. The van der Waals surface area contributed by atoms with Crippen LogP contribution in [0.4, 0.5) is 22.5 Å². The number of carbonyl (C=O) groups is 2. The van der Waals surface area contributed by atoms with Crippen molar-refractivity contribution in [2.75, 3.05) is 15.5 Å². The molecule has 0 radical (unpaired) electrons. The third kappa shape index (κ3) is 5.72. The maximum atomic E-state index is 13.4. The van der Waals surface area contributed by atoms with Crippen molar-refractivity contribution in [3.8, 4) is 6.07 Å². The van der Waals surface area contributed by atoms with Gasteiger partial charge >= 0.3 is 0 Å². The summed E-state index contributed by atoms with van der Waals surface area (Å²) in [5.74, 6) is 0.136. The van der Waals surface area contributed by atoms with Gasteiger partial charge in [0.15, 0.2) is 9.96 Å². The molecule has 39 heavy (non-hydrogen) atoms. The van der Waals surface area contributed by atoms with Crippen LogP contribution in [0.15, 0.2) is 48.7 Å². The van der Waals surface area contributed by atoms with Crippen molar-refractivity contribution in [1.29, 1.82) is 5.26 Å². The van der Waals surface area contributed by atoms with Crippen molar-refractivity contribution < 1.29 is 9.59 Å². The van der Waals surface area contributed by atoms with E-state index in [4.69, 9.17) is 4.98 Å². The number of halogens is 1. The number of benzene rings is 2. The van der Waals surface area contributed by atoms with E-state index in [1.54, 1.807) is 12.3 Å². The van der Waals surface area contributed by atoms with Crippen LogP contribution in [-0.2, 0) is 14.6 Å². The van der Waals surface area contributed by atoms with Gasteiger partial charge in [0.1, 0.15) is 5.52 Å². The number of anilines is 4. The summed E-state index contributed by atoms with van der Waals surface area (Å²) in [6.45, 7) is 5.17. The third-order valence-electron chi connectivity index (χ3n) is 6.44. The molecular formula is C28H26IN7O2S. The standard InChI is InChI=1S/C28H26IN7O2S/c1-16(37)32-27-34-23-14-31-26(35-25(23)39-27)36(18-10-11-18)19-7-4-6-17(12-19)33-24(38)20-8-5-9-22(21(20)13-29)28(2,3)15-30/h4-9,12,14,18H,10-11,13H2,1-3H3,(H,33,38)(H,32,34,37). The third-order valence-corrected chi connectivity index (χ3v) is 8.08. The van der Waals surface area contributed by atoms with E-state index in [0.717, 1.165) is 29.7 Å². The molecule has 198 valence electrons. The summed E-state index contributed by atoms with van der Waals surface area (Å²) in [6, 6.07) is 15.8. The number of aromatic nitrogens is 3. The monoisotopic (exact) mass is 651 g/mol. The second-order valence-electron chi connectivity index (χ2n) is 9.87. The molecule has 0 atom stereocenters. The van der Waals surface area contributed by atoms with E-state index in [-0.39, 0.29) is 17.9 Å². The van der Waals surface area contributed by atoms with Gasteiger partial charge in [-0.25, -0.2) is 9.97 Å². The van der Waals surface area contributed by atoms with Crippen LogP contribution in [0, 0.1) is 11.3 Å². The molecule has 2 aromatic carbocycles. The largest absolute Gasteiger partial charge is 0.322 e. The molecule has 4 aromatic rings. The van der Waals surface area contributed by atoms with Gasteiger partial charge in [0.05, 0.1) is 17.7 Å². The SMILES string of the molecule is CC(=O)Nc1nc2cnc(N(c3cccc(NC(=O)c4cccc(C(C)(C)C#N)c4CI)c3)C3CC3)nc2s1. The van der Waals surface area contributed by atoms with E-state index >= 15 is 0 Å². The lowest BCUT2D eigenvalue weighted by Crippen LogP contribution is -2.22. The fourth-order valence-corrected chi connectivity index (χ4v) is 6.06. The molecule has 0 unspecified atom stereocenters. The molecule has 0 spiro atoms. The quantitative estimate of drug-likeness (QED) is 0.169. The molecule has 2 aromatic heterocycles. The maximum Gasteiger partial charge on any atom is 0.255 e. The Balaban J connectivity index is 1.44. The summed E-state index contributed by atoms with van der Waals surface area (Å²) < 4.78 is 0.609. The Kier molecular flexibility index (Phi) is 7.51. The first-order valence-electron chi connectivity index (χ1n) is 12.4. The molecule has 5 rings (SSSR count). The molecule has 0 saturated heterocycles. The van der Waals surface area contributed by atoms with Gasteiger partial charge < -0.3 is 15.5 Å². The Morgan fingerprint density at radius 3 is 2.64 bits per heavy atom. The number of nitrogens with zero attached hydrogens (tertiary/aromatic N) is 5. The zero-order valence-electron chi connectivity index (χ0n) is 21.7. The number of nitrogens with one attached hydrogen (secondary N) is 2. The molecule has 2 N–H and O–H groups in total. The number of carbonyl (C=O) groups excluding carboxylic acids is 2. The van der Waals surface area contributed by atoms with Gasteiger partial charge in [-0.2, -0.15) is 10.2 Å². The van der Waals surface area contributed by atoms with Crippen molar-refractivity contribution in [2.24, 2.45) is 0 Å². The Morgan fingerprint density at radius 1 is 1.18 bits per heavy atom. The predicted molar refractivity (Wildman–Crippen MR) is 162 cm³/mol. The number of fused-ring (bicyclic) bond motifs is 1. The highest BCUT2D eigenvalue weighted by molar-refractivity contribution is 14.1. The topological polar surface area (TPSA) is 124 Å². The first kappa shape index (κ1) is 27.0. The van der Waals surface area contributed by atoms with Crippen LogP contribution in [0.25, 0.3) is 10.3 Å². The van der Waals surface area contributed by atoms with E-state index in [2.05, 4.69) is 54.2 Å². The molecule has 9 nitrogen and oxygen atoms in total. The lowest BCUT2D eigenvalue weighted by atomic mass is 9.82. The van der Waals surface area contributed by atoms with Crippen LogP contribution in [0.5, 0.6) is 0 Å². The van der Waals surface area contributed by atoms with Crippen LogP contribution < -0.4 is 15.5 Å². The maximum absolute atomic E-state index is 13.4. The van der Waals surface area contributed by atoms with Gasteiger partial charge in [-0.15, -0.1) is 0 Å². The highest BCUT2D eigenvalue weighted by atomic mass is 127. The molecule has 1 saturated carbocycles. The number of amides is 2. The summed E-state index contributed by atoms with van der Waals surface area (Å²) in [5, 5.41) is 15.9. The zero-order valence-corrected chi connectivity index (χ0v) is 24.6. The lowest BCUT2D eigenvalue weighted by Gasteiger charge is -2.23. The average Bonchev–Trinajstić information content (AvgIpc) is 3.66. The molecule has 1 aliphatic carbocycles. The molecule has 0 bridgehead atoms. The van der Waals surface area contributed by atoms with Gasteiger partial charge in [-0.05, 0) is 62.1 Å². The minimum absolute atomic E-state index is 0.188. The second kappa shape index (κ2) is 10.9. The van der Waals surface area contributed by atoms with Gasteiger partial charge in [-0.3, -0.25) is 9.59 Å². The molecule has 2 amide bonds. The van der Waals surface area contributed by atoms with Crippen LogP contribution >= 0.6 is 33.9 Å². The summed E-state index contributed by atoms with van der Waals surface area (Å²) in [4.78, 5) is 41.3. The van der Waals surface area contributed by atoms with Gasteiger partial charge in [0.2, 0.25) is 11.9 Å². The highest BCUT2D eigenvalue weighted by Gasteiger charge is 2.33. The number of thiazole rings is 1. The minimum Gasteiger partial charge on any atom is -0.322 e. The minimum atomic E-state index is -0.705. The molecule has 2 heterocycles. The van der Waals surface area contributed by atoms with Crippen molar-refractivity contribution >= 4 is 78.5 Å². The Labute approximate surface area is 243 Å². The number of hydrogen-bond donors (Lipinski definition) is 2. The average molecular weight is 652 g/mol. The fourth-order valence-electron chi connectivity index (χ4n) is 4.39. The van der Waals surface area contributed by atoms with Crippen LogP contribution in [0.3, 0.4) is 0 Å². The Hall–Kier alpha value is -3.63. The summed E-state index contributed by atoms with van der Waals surface area (Å²) in [7, 11) is 0. The van der Waals surface area contributed by atoms with Crippen LogP contribution in [-0.4, -0.2) is 32.8 Å². The zero-order chi connectivity index (χ0) is 27.7. The summed E-state index contributed by atoms with van der Waals surface area (Å²) >= 11 is 3.54. The number of rotatable bonds is 8. The van der Waals surface area contributed by atoms with E-state index in [9.17, 15) is 14.9 Å². The second-order valence-corrected chi connectivity index (χ2v) is 11.6. The van der Waals surface area contributed by atoms with Gasteiger partial charge in [-0.1, -0.05) is 52.1 Å². The first-order chi connectivity index (χ1) is 18.7. The van der Waals surface area contributed by atoms with Crippen LogP contribution in [0.1, 0.15) is 55.1 Å².